The summed E-state index contributed by atoms with van der Waals surface area (Å²) in [6.07, 6.45) is 3.00. The minimum absolute atomic E-state index is 0.120. The third-order valence-electron chi connectivity index (χ3n) is 2.51. The van der Waals surface area contributed by atoms with E-state index < -0.39 is 10.0 Å². The second-order valence-electron chi connectivity index (χ2n) is 4.55. The van der Waals surface area contributed by atoms with Crippen LogP contribution < -0.4 is 16.0 Å². The highest BCUT2D eigenvalue weighted by Crippen LogP contribution is 2.09. The van der Waals surface area contributed by atoms with Crippen LogP contribution in [-0.4, -0.2) is 32.7 Å². The van der Waals surface area contributed by atoms with Crippen molar-refractivity contribution in [2.24, 2.45) is 5.84 Å². The minimum Gasteiger partial charge on any atom is -0.379 e. The van der Waals surface area contributed by atoms with Gasteiger partial charge in [0.15, 0.2) is 0 Å². The number of hydrogen-bond donors (Lipinski definition) is 3. The van der Waals surface area contributed by atoms with Crippen LogP contribution >= 0.6 is 0 Å². The lowest BCUT2D eigenvalue weighted by molar-refractivity contribution is 0.0762. The topological polar surface area (TPSA) is 106 Å². The van der Waals surface area contributed by atoms with Crippen LogP contribution in [0.15, 0.2) is 23.2 Å². The number of nitrogens with one attached hydrogen (secondary N) is 2. The first-order chi connectivity index (χ1) is 9.45. The predicted molar refractivity (Wildman–Crippen MR) is 77.6 cm³/mol. The summed E-state index contributed by atoms with van der Waals surface area (Å²) in [6, 6.07) is 2.96. The molecule has 0 unspecified atom stereocenters. The Balaban J connectivity index is 2.37. The van der Waals surface area contributed by atoms with Crippen LogP contribution in [0.3, 0.4) is 0 Å². The Labute approximate surface area is 119 Å². The van der Waals surface area contributed by atoms with E-state index in [2.05, 4.69) is 15.1 Å². The van der Waals surface area contributed by atoms with Crippen molar-refractivity contribution in [1.82, 2.24) is 9.71 Å². The van der Waals surface area contributed by atoms with Crippen molar-refractivity contribution in [3.63, 3.8) is 0 Å². The predicted octanol–water partition coefficient (Wildman–Crippen LogP) is 0.851. The summed E-state index contributed by atoms with van der Waals surface area (Å²) in [5.74, 6) is 5.58. The standard InChI is InChI=1S/C12H22N4O3S/c1-10(2)19-8-4-3-7-15-20(17,18)11-5-6-12(16-13)14-9-11/h5-6,9-10,15H,3-4,7-8,13H2,1-2H3,(H,14,16). The normalized spacial score (nSPS) is 11.8. The van der Waals surface area contributed by atoms with E-state index in [0.717, 1.165) is 12.8 Å². The SMILES string of the molecule is CC(C)OCCCCNS(=O)(=O)c1ccc(NN)nc1. The average Bonchev–Trinajstić information content (AvgIpc) is 2.42. The molecular weight excluding hydrogens is 280 g/mol. The van der Waals surface area contributed by atoms with Crippen LogP contribution in [-0.2, 0) is 14.8 Å². The zero-order valence-corrected chi connectivity index (χ0v) is 12.6. The number of anilines is 1. The van der Waals surface area contributed by atoms with E-state index >= 15 is 0 Å². The molecule has 0 bridgehead atoms. The Kier molecular flexibility index (Phi) is 6.86. The third kappa shape index (κ3) is 5.83. The van der Waals surface area contributed by atoms with Gasteiger partial charge in [-0.15, -0.1) is 0 Å². The molecule has 0 spiro atoms. The molecule has 0 amide bonds. The maximum atomic E-state index is 11.9. The van der Waals surface area contributed by atoms with Gasteiger partial charge < -0.3 is 10.2 Å². The monoisotopic (exact) mass is 302 g/mol. The summed E-state index contributed by atoms with van der Waals surface area (Å²) < 4.78 is 31.8. The third-order valence-corrected chi connectivity index (χ3v) is 3.96. The van der Waals surface area contributed by atoms with Gasteiger partial charge in [-0.2, -0.15) is 0 Å². The second kappa shape index (κ2) is 8.15. The van der Waals surface area contributed by atoms with E-state index in [1.807, 2.05) is 13.8 Å². The molecule has 1 aromatic rings. The zero-order valence-electron chi connectivity index (χ0n) is 11.8. The molecule has 0 aliphatic heterocycles. The first kappa shape index (κ1) is 16.8. The van der Waals surface area contributed by atoms with Gasteiger partial charge in [-0.25, -0.2) is 24.0 Å². The Morgan fingerprint density at radius 1 is 1.35 bits per heavy atom. The second-order valence-corrected chi connectivity index (χ2v) is 6.31. The molecule has 114 valence electrons. The molecule has 0 fully saturated rings. The van der Waals surface area contributed by atoms with Gasteiger partial charge >= 0.3 is 0 Å². The Morgan fingerprint density at radius 2 is 2.10 bits per heavy atom. The average molecular weight is 302 g/mol. The van der Waals surface area contributed by atoms with Crippen LogP contribution in [0.1, 0.15) is 26.7 Å². The summed E-state index contributed by atoms with van der Waals surface area (Å²) >= 11 is 0. The van der Waals surface area contributed by atoms with Gasteiger partial charge in [-0.3, -0.25) is 0 Å². The molecule has 8 heteroatoms. The Bertz CT molecular complexity index is 488. The van der Waals surface area contributed by atoms with Crippen LogP contribution in [0.5, 0.6) is 0 Å². The van der Waals surface area contributed by atoms with Gasteiger partial charge in [0, 0.05) is 19.3 Å². The van der Waals surface area contributed by atoms with E-state index in [9.17, 15) is 8.42 Å². The molecule has 1 heterocycles. The number of rotatable bonds is 9. The molecular formula is C12H22N4O3S. The van der Waals surface area contributed by atoms with Crippen molar-refractivity contribution in [3.8, 4) is 0 Å². The van der Waals surface area contributed by atoms with E-state index in [1.54, 1.807) is 0 Å². The van der Waals surface area contributed by atoms with Crippen molar-refractivity contribution in [2.45, 2.75) is 37.7 Å². The summed E-state index contributed by atoms with van der Waals surface area (Å²) in [5.41, 5.74) is 2.34. The molecule has 1 aromatic heterocycles. The molecule has 20 heavy (non-hydrogen) atoms. The number of hydrazine groups is 1. The van der Waals surface area contributed by atoms with E-state index in [4.69, 9.17) is 10.6 Å². The molecule has 0 aliphatic rings. The molecule has 0 saturated carbocycles. The minimum atomic E-state index is -3.51. The first-order valence-corrected chi connectivity index (χ1v) is 7.98. The molecule has 0 saturated heterocycles. The fraction of sp³-hybridized carbons (Fsp3) is 0.583. The number of nitrogens with two attached hydrogens (primary N) is 1. The maximum absolute atomic E-state index is 11.9. The number of unbranched alkanes of at least 4 members (excludes halogenated alkanes) is 1. The molecule has 7 nitrogen and oxygen atoms in total. The van der Waals surface area contributed by atoms with Gasteiger partial charge in [0.2, 0.25) is 10.0 Å². The number of ether oxygens (including phenoxy) is 1. The van der Waals surface area contributed by atoms with Crippen molar-refractivity contribution >= 4 is 15.8 Å². The van der Waals surface area contributed by atoms with E-state index in [-0.39, 0.29) is 11.0 Å². The molecule has 0 radical (unpaired) electrons. The van der Waals surface area contributed by atoms with Crippen LogP contribution in [0.2, 0.25) is 0 Å². The van der Waals surface area contributed by atoms with Gasteiger partial charge in [0.1, 0.15) is 10.7 Å². The van der Waals surface area contributed by atoms with Crippen LogP contribution in [0, 0.1) is 0 Å². The quantitative estimate of drug-likeness (QED) is 0.355. The highest BCUT2D eigenvalue weighted by atomic mass is 32.2. The first-order valence-electron chi connectivity index (χ1n) is 6.49. The fourth-order valence-electron chi connectivity index (χ4n) is 1.46. The molecule has 0 atom stereocenters. The smallest absolute Gasteiger partial charge is 0.242 e. The van der Waals surface area contributed by atoms with Crippen LogP contribution in [0.4, 0.5) is 5.82 Å². The highest BCUT2D eigenvalue weighted by molar-refractivity contribution is 7.89. The lowest BCUT2D eigenvalue weighted by atomic mass is 10.3. The van der Waals surface area contributed by atoms with E-state index in [1.165, 1.54) is 18.3 Å². The number of nitrogen functional groups attached to an aromatic ring is 1. The fourth-order valence-corrected chi connectivity index (χ4v) is 2.48. The van der Waals surface area contributed by atoms with Crippen molar-refractivity contribution in [2.75, 3.05) is 18.6 Å². The lowest BCUT2D eigenvalue weighted by Gasteiger charge is -2.08. The van der Waals surface area contributed by atoms with Crippen molar-refractivity contribution in [1.29, 1.82) is 0 Å². The lowest BCUT2D eigenvalue weighted by Crippen LogP contribution is -2.25. The molecule has 0 aromatic carbocycles. The van der Waals surface area contributed by atoms with Gasteiger partial charge in [0.05, 0.1) is 6.10 Å². The van der Waals surface area contributed by atoms with Gasteiger partial charge in [-0.05, 0) is 38.8 Å². The molecule has 0 aliphatic carbocycles. The number of hydrogen-bond acceptors (Lipinski definition) is 6. The summed E-state index contributed by atoms with van der Waals surface area (Å²) in [7, 11) is -3.51. The summed E-state index contributed by atoms with van der Waals surface area (Å²) in [6.45, 7) is 4.95. The van der Waals surface area contributed by atoms with Crippen molar-refractivity contribution in [3.05, 3.63) is 18.3 Å². The van der Waals surface area contributed by atoms with Gasteiger partial charge in [0.25, 0.3) is 0 Å². The number of aromatic nitrogens is 1. The Hall–Kier alpha value is -1.22. The summed E-state index contributed by atoms with van der Waals surface area (Å²) in [4.78, 5) is 3.99. The highest BCUT2D eigenvalue weighted by Gasteiger charge is 2.13. The maximum Gasteiger partial charge on any atom is 0.242 e. The number of sulfonamides is 1. The van der Waals surface area contributed by atoms with E-state index in [0.29, 0.717) is 19.0 Å². The molecule has 1 rings (SSSR count). The van der Waals surface area contributed by atoms with Crippen LogP contribution in [0.25, 0.3) is 0 Å². The summed E-state index contributed by atoms with van der Waals surface area (Å²) in [5, 5.41) is 0. The number of nitrogens with zero attached hydrogens (tertiary/aromatic N) is 1. The Morgan fingerprint density at radius 3 is 2.65 bits per heavy atom. The molecule has 4 N–H and O–H groups in total. The zero-order chi connectivity index (χ0) is 15.0. The largest absolute Gasteiger partial charge is 0.379 e. The van der Waals surface area contributed by atoms with Gasteiger partial charge in [-0.1, -0.05) is 0 Å². The van der Waals surface area contributed by atoms with Crippen molar-refractivity contribution < 1.29 is 13.2 Å². The number of pyridine rings is 1.